The Labute approximate surface area is 135 Å². The molecule has 1 atom stereocenters. The Hall–Kier alpha value is -1.04. The van der Waals surface area contributed by atoms with Crippen molar-refractivity contribution in [2.24, 2.45) is 0 Å². The number of benzene rings is 1. The summed E-state index contributed by atoms with van der Waals surface area (Å²) in [4.78, 5) is 12.9. The molecule has 20 heavy (non-hydrogen) atoms. The van der Waals surface area contributed by atoms with Crippen LogP contribution in [0.25, 0.3) is 0 Å². The first kappa shape index (κ1) is 15.4. The van der Waals surface area contributed by atoms with Crippen molar-refractivity contribution in [3.05, 3.63) is 55.6 Å². The molecule has 1 aromatic heterocycles. The zero-order valence-corrected chi connectivity index (χ0v) is 14.0. The van der Waals surface area contributed by atoms with Crippen LogP contribution in [0.1, 0.15) is 23.4 Å². The Morgan fingerprint density at radius 1 is 1.40 bits per heavy atom. The summed E-state index contributed by atoms with van der Waals surface area (Å²) in [5, 5.41) is 5.72. The van der Waals surface area contributed by atoms with Gasteiger partial charge in [0, 0.05) is 15.9 Å². The first-order valence-electron chi connectivity index (χ1n) is 6.08. The highest BCUT2D eigenvalue weighted by molar-refractivity contribution is 9.10. The third-order valence-electron chi connectivity index (χ3n) is 2.71. The van der Waals surface area contributed by atoms with Gasteiger partial charge in [0.1, 0.15) is 0 Å². The quantitative estimate of drug-likeness (QED) is 0.799. The summed E-state index contributed by atoms with van der Waals surface area (Å²) in [5.41, 5.74) is 1.04. The maximum atomic E-state index is 11.8. The summed E-state index contributed by atoms with van der Waals surface area (Å²) in [5.74, 6) is 0. The number of carbonyl (C=O) groups is 1. The van der Waals surface area contributed by atoms with Crippen LogP contribution in [-0.4, -0.2) is 6.03 Å². The van der Waals surface area contributed by atoms with Crippen LogP contribution in [0, 0.1) is 0 Å². The van der Waals surface area contributed by atoms with Crippen LogP contribution in [0.5, 0.6) is 0 Å². The minimum Gasteiger partial charge on any atom is -0.334 e. The predicted octanol–water partition coefficient (Wildman–Crippen LogP) is 4.72. The number of carbonyl (C=O) groups excluding carboxylic acids is 1. The number of thiophene rings is 1. The van der Waals surface area contributed by atoms with Crippen LogP contribution in [0.15, 0.2) is 40.9 Å². The van der Waals surface area contributed by atoms with E-state index >= 15 is 0 Å². The molecule has 0 saturated carbocycles. The lowest BCUT2D eigenvalue weighted by molar-refractivity contribution is 0.237. The molecule has 1 heterocycles. The summed E-state index contributed by atoms with van der Waals surface area (Å²) in [7, 11) is 0. The summed E-state index contributed by atoms with van der Waals surface area (Å²) in [6.45, 7) is 2.42. The van der Waals surface area contributed by atoms with E-state index in [9.17, 15) is 4.79 Å². The molecule has 106 valence electrons. The molecular weight excluding hydrogens is 360 g/mol. The van der Waals surface area contributed by atoms with Gasteiger partial charge in [-0.2, -0.15) is 0 Å². The summed E-state index contributed by atoms with van der Waals surface area (Å²) in [6.07, 6.45) is 0. The highest BCUT2D eigenvalue weighted by Gasteiger charge is 2.11. The van der Waals surface area contributed by atoms with E-state index in [1.807, 2.05) is 43.3 Å². The average molecular weight is 374 g/mol. The van der Waals surface area contributed by atoms with E-state index < -0.39 is 0 Å². The molecule has 6 heteroatoms. The van der Waals surface area contributed by atoms with Crippen LogP contribution < -0.4 is 10.6 Å². The normalized spacial score (nSPS) is 11.9. The number of urea groups is 1. The topological polar surface area (TPSA) is 41.1 Å². The Morgan fingerprint density at radius 3 is 2.85 bits per heavy atom. The van der Waals surface area contributed by atoms with Gasteiger partial charge in [-0.15, -0.1) is 11.3 Å². The second-order valence-corrected chi connectivity index (χ2v) is 6.98. The van der Waals surface area contributed by atoms with Crippen LogP contribution in [0.4, 0.5) is 4.79 Å². The first-order chi connectivity index (χ1) is 9.54. The van der Waals surface area contributed by atoms with Crippen molar-refractivity contribution in [1.82, 2.24) is 10.6 Å². The number of hydrogen-bond acceptors (Lipinski definition) is 2. The zero-order valence-electron chi connectivity index (χ0n) is 10.8. The summed E-state index contributed by atoms with van der Waals surface area (Å²) < 4.78 is 1.72. The monoisotopic (exact) mass is 372 g/mol. The molecule has 3 nitrogen and oxygen atoms in total. The minimum absolute atomic E-state index is 0.0602. The van der Waals surface area contributed by atoms with E-state index in [2.05, 4.69) is 26.6 Å². The van der Waals surface area contributed by atoms with Crippen molar-refractivity contribution in [2.45, 2.75) is 19.5 Å². The number of halogens is 2. The molecule has 0 saturated heterocycles. The van der Waals surface area contributed by atoms with Crippen LogP contribution in [0.2, 0.25) is 4.34 Å². The van der Waals surface area contributed by atoms with Gasteiger partial charge in [-0.1, -0.05) is 39.7 Å². The standard InChI is InChI=1S/C14H14BrClN2OS/c1-9(12-5-6-13(16)20-12)18-14(19)17-8-10-3-2-4-11(15)7-10/h2-7,9H,8H2,1H3,(H2,17,18,19). The van der Waals surface area contributed by atoms with E-state index in [1.54, 1.807) is 0 Å². The fraction of sp³-hybridized carbons (Fsp3) is 0.214. The van der Waals surface area contributed by atoms with E-state index in [0.29, 0.717) is 6.54 Å². The molecule has 1 unspecified atom stereocenters. The third kappa shape index (κ3) is 4.51. The Kier molecular flexibility index (Phi) is 5.46. The first-order valence-corrected chi connectivity index (χ1v) is 8.07. The number of hydrogen-bond donors (Lipinski definition) is 2. The second kappa shape index (κ2) is 7.11. The fourth-order valence-corrected chi connectivity index (χ4v) is 3.22. The summed E-state index contributed by atoms with van der Waals surface area (Å²) >= 11 is 10.8. The second-order valence-electron chi connectivity index (χ2n) is 4.32. The zero-order chi connectivity index (χ0) is 14.5. The molecular formula is C14H14BrClN2OS. The molecule has 0 aliphatic heterocycles. The Morgan fingerprint density at radius 2 is 2.20 bits per heavy atom. The lowest BCUT2D eigenvalue weighted by Gasteiger charge is -2.13. The van der Waals surface area contributed by atoms with Crippen molar-refractivity contribution >= 4 is 44.9 Å². The Bertz CT molecular complexity index is 602. The maximum absolute atomic E-state index is 11.8. The molecule has 0 aliphatic rings. The minimum atomic E-state index is -0.193. The molecule has 0 radical (unpaired) electrons. The summed E-state index contributed by atoms with van der Waals surface area (Å²) in [6, 6.07) is 11.3. The number of nitrogens with one attached hydrogen (secondary N) is 2. The van der Waals surface area contributed by atoms with Gasteiger partial charge in [0.2, 0.25) is 0 Å². The van der Waals surface area contributed by atoms with Gasteiger partial charge in [0.15, 0.2) is 0 Å². The lowest BCUT2D eigenvalue weighted by atomic mass is 10.2. The van der Waals surface area contributed by atoms with Gasteiger partial charge in [0.25, 0.3) is 0 Å². The lowest BCUT2D eigenvalue weighted by Crippen LogP contribution is -2.36. The molecule has 0 bridgehead atoms. The molecule has 2 N–H and O–H groups in total. The van der Waals surface area contributed by atoms with Gasteiger partial charge >= 0.3 is 6.03 Å². The van der Waals surface area contributed by atoms with Crippen LogP contribution in [-0.2, 0) is 6.54 Å². The van der Waals surface area contributed by atoms with E-state index in [1.165, 1.54) is 11.3 Å². The maximum Gasteiger partial charge on any atom is 0.315 e. The van der Waals surface area contributed by atoms with Crippen molar-refractivity contribution in [2.75, 3.05) is 0 Å². The van der Waals surface area contributed by atoms with Gasteiger partial charge < -0.3 is 10.6 Å². The van der Waals surface area contributed by atoms with Crippen molar-refractivity contribution in [3.63, 3.8) is 0 Å². The van der Waals surface area contributed by atoms with Crippen LogP contribution in [0.3, 0.4) is 0 Å². The molecule has 0 fully saturated rings. The largest absolute Gasteiger partial charge is 0.334 e. The molecule has 2 rings (SSSR count). The molecule has 0 aliphatic carbocycles. The fourth-order valence-electron chi connectivity index (χ4n) is 1.71. The molecule has 0 spiro atoms. The van der Waals surface area contributed by atoms with Gasteiger partial charge in [-0.05, 0) is 36.8 Å². The van der Waals surface area contributed by atoms with E-state index in [-0.39, 0.29) is 12.1 Å². The highest BCUT2D eigenvalue weighted by atomic mass is 79.9. The number of amides is 2. The number of rotatable bonds is 4. The third-order valence-corrected chi connectivity index (χ3v) is 4.62. The molecule has 1 aromatic carbocycles. The van der Waals surface area contributed by atoms with Gasteiger partial charge in [-0.3, -0.25) is 0 Å². The Balaban J connectivity index is 1.83. The van der Waals surface area contributed by atoms with Crippen molar-refractivity contribution in [3.8, 4) is 0 Å². The SMILES string of the molecule is CC(NC(=O)NCc1cccc(Br)c1)c1ccc(Cl)s1. The van der Waals surface area contributed by atoms with Crippen molar-refractivity contribution in [1.29, 1.82) is 0 Å². The predicted molar refractivity (Wildman–Crippen MR) is 87.3 cm³/mol. The van der Waals surface area contributed by atoms with E-state index in [0.717, 1.165) is 19.2 Å². The molecule has 2 amide bonds. The average Bonchev–Trinajstić information content (AvgIpc) is 2.83. The van der Waals surface area contributed by atoms with Crippen molar-refractivity contribution < 1.29 is 4.79 Å². The van der Waals surface area contributed by atoms with Gasteiger partial charge in [0.05, 0.1) is 10.4 Å². The highest BCUT2D eigenvalue weighted by Crippen LogP contribution is 2.26. The smallest absolute Gasteiger partial charge is 0.315 e. The molecule has 2 aromatic rings. The van der Waals surface area contributed by atoms with Gasteiger partial charge in [-0.25, -0.2) is 4.79 Å². The van der Waals surface area contributed by atoms with E-state index in [4.69, 9.17) is 11.6 Å². The van der Waals surface area contributed by atoms with Crippen LogP contribution >= 0.6 is 38.9 Å².